The van der Waals surface area contributed by atoms with Crippen LogP contribution in [0.3, 0.4) is 0 Å². The van der Waals surface area contributed by atoms with Gasteiger partial charge in [0.05, 0.1) is 0 Å². The highest BCUT2D eigenvalue weighted by atomic mass is 16.1. The molecule has 9 aromatic carbocycles. The monoisotopic (exact) mass is 916 g/mol. The smallest absolute Gasteiger partial charge is 0.168 e. The van der Waals surface area contributed by atoms with Crippen LogP contribution in [0.25, 0.3) is 0 Å². The van der Waals surface area contributed by atoms with Crippen LogP contribution in [0, 0.1) is 23.7 Å². The molecule has 8 bridgehead atoms. The van der Waals surface area contributed by atoms with Crippen LogP contribution >= 0.6 is 0 Å². The number of hydrogen-bond acceptors (Lipinski definition) is 2. The average Bonchev–Trinajstić information content (AvgIpc) is 3.45. The Hall–Kier alpha value is -7.94. The molecule has 14 aliphatic carbocycles. The van der Waals surface area contributed by atoms with E-state index in [0.29, 0.717) is 0 Å². The quantitative estimate of drug-likeness (QED) is 0.142. The van der Waals surface area contributed by atoms with E-state index < -0.39 is 11.8 Å². The zero-order valence-electron chi connectivity index (χ0n) is 39.2. The summed E-state index contributed by atoms with van der Waals surface area (Å²) in [5.41, 5.74) is 30.6. The van der Waals surface area contributed by atoms with Crippen LogP contribution in [0.1, 0.15) is 179 Å². The van der Waals surface area contributed by atoms with E-state index in [2.05, 4.69) is 194 Å². The highest BCUT2D eigenvalue weighted by Gasteiger charge is 2.67. The molecule has 23 rings (SSSR count). The molecule has 2 nitrogen and oxygen atoms in total. The zero-order valence-corrected chi connectivity index (χ0v) is 39.2. The Balaban J connectivity index is 0.978. The van der Waals surface area contributed by atoms with Crippen LogP contribution in [-0.2, 0) is 0 Å². The van der Waals surface area contributed by atoms with Gasteiger partial charge in [-0.3, -0.25) is 9.59 Å². The maximum absolute atomic E-state index is 17.7. The third-order valence-electron chi connectivity index (χ3n) is 20.5. The summed E-state index contributed by atoms with van der Waals surface area (Å²) in [5.74, 6) is -1.51. The summed E-state index contributed by atoms with van der Waals surface area (Å²) in [6.07, 6.45) is 0. The fourth-order valence-corrected chi connectivity index (χ4v) is 18.7. The summed E-state index contributed by atoms with van der Waals surface area (Å²) in [6, 6.07) is 72.9. The van der Waals surface area contributed by atoms with Crippen molar-refractivity contribution >= 4 is 11.6 Å². The van der Waals surface area contributed by atoms with E-state index in [1.807, 2.05) is 0 Å². The first-order chi connectivity index (χ1) is 35.7. The standard InChI is InChI=1S/C70H44O2/c71-69-65-61-53-41-25-9-1-17-33(41)49(34-18-2-10-26-42(34)53)57(61)58-50-35-19-3-11-27-43(35)54(44-28-12-4-20-36(44)50)62(58)66(65)70(72)68-64-56-47-31-15-7-23-39(47)52(40-24-8-16-32-48(40)56)60(64)59-51-37-21-5-13-29-45(37)55(63(59)67(68)69)46-30-14-6-22-38(46)51/h1-32,49-56,61-62,65-66H/t49?,50?,51?,52?,53?,54?,55?,56?,61-,62+,65-,66-/m1/s1. The van der Waals surface area contributed by atoms with Gasteiger partial charge in [-0.1, -0.05) is 205 Å². The molecule has 0 radical (unpaired) electrons. The second-order valence-electron chi connectivity index (χ2n) is 22.7. The minimum Gasteiger partial charge on any atom is -0.294 e. The SMILES string of the molecule is O=C1c2c(c3c(c4c2C2c5ccccc5C4c4ccccc42)C2c4ccccc4C3c3ccccc32)C(=O)[C@H]2[C@H]1[C@@H]1C(=C3C4c5ccccc5C(c5ccccc54)[C@H]32)C2c3ccccc3C1c1ccccc12. The van der Waals surface area contributed by atoms with E-state index in [1.54, 1.807) is 0 Å². The first-order valence-corrected chi connectivity index (χ1v) is 26.4. The van der Waals surface area contributed by atoms with Gasteiger partial charge in [-0.05, 0) is 111 Å². The Morgan fingerprint density at radius 3 is 0.639 bits per heavy atom. The van der Waals surface area contributed by atoms with E-state index >= 15 is 9.59 Å². The first kappa shape index (κ1) is 37.8. The Morgan fingerprint density at radius 1 is 0.208 bits per heavy atom. The molecule has 4 atom stereocenters. The molecule has 0 saturated carbocycles. The van der Waals surface area contributed by atoms with Crippen LogP contribution in [0.5, 0.6) is 0 Å². The molecule has 9 aromatic rings. The van der Waals surface area contributed by atoms with Crippen molar-refractivity contribution in [3.63, 3.8) is 0 Å². The molecular weight excluding hydrogens is 873 g/mol. The second-order valence-corrected chi connectivity index (χ2v) is 22.7. The molecular formula is C70H44O2. The number of carbonyl (C=O) groups excluding carboxylic acids is 2. The first-order valence-electron chi connectivity index (χ1n) is 26.4. The van der Waals surface area contributed by atoms with Crippen LogP contribution < -0.4 is 0 Å². The summed E-state index contributed by atoms with van der Waals surface area (Å²) in [4.78, 5) is 35.4. The maximum Gasteiger partial charge on any atom is 0.168 e. The van der Waals surface area contributed by atoms with E-state index in [9.17, 15) is 0 Å². The second kappa shape index (κ2) is 12.7. The van der Waals surface area contributed by atoms with Crippen molar-refractivity contribution in [1.29, 1.82) is 0 Å². The molecule has 72 heavy (non-hydrogen) atoms. The molecule has 0 heterocycles. The van der Waals surface area contributed by atoms with Crippen molar-refractivity contribution in [2.24, 2.45) is 23.7 Å². The lowest BCUT2D eigenvalue weighted by Crippen LogP contribution is -2.57. The Labute approximate surface area is 417 Å². The lowest BCUT2D eigenvalue weighted by molar-refractivity contribution is 0.0528. The molecule has 0 N–H and O–H groups in total. The largest absolute Gasteiger partial charge is 0.294 e. The molecule has 0 aliphatic heterocycles. The summed E-state index contributed by atoms with van der Waals surface area (Å²) >= 11 is 0. The van der Waals surface area contributed by atoms with Gasteiger partial charge in [0.15, 0.2) is 11.6 Å². The lowest BCUT2D eigenvalue weighted by Gasteiger charge is -2.62. The van der Waals surface area contributed by atoms with Crippen molar-refractivity contribution < 1.29 is 9.59 Å². The molecule has 14 aliphatic rings. The number of allylic oxidation sites excluding steroid dienone is 2. The van der Waals surface area contributed by atoms with E-state index in [-0.39, 0.29) is 70.7 Å². The molecule has 2 heteroatoms. The van der Waals surface area contributed by atoms with Gasteiger partial charge < -0.3 is 0 Å². The molecule has 0 aromatic heterocycles. The predicted octanol–water partition coefficient (Wildman–Crippen LogP) is 14.4. The van der Waals surface area contributed by atoms with Gasteiger partial charge in [0.1, 0.15) is 0 Å². The lowest BCUT2D eigenvalue weighted by atomic mass is 9.40. The van der Waals surface area contributed by atoms with E-state index in [1.165, 1.54) is 111 Å². The van der Waals surface area contributed by atoms with Crippen molar-refractivity contribution in [2.45, 2.75) is 47.3 Å². The van der Waals surface area contributed by atoms with Crippen LogP contribution in [0.4, 0.5) is 0 Å². The summed E-state index contributed by atoms with van der Waals surface area (Å²) < 4.78 is 0. The number of Topliss-reactive ketones (excluding diaryl/α,β-unsaturated/α-hetero) is 2. The molecule has 0 fully saturated rings. The normalized spacial score (nSPS) is 29.1. The van der Waals surface area contributed by atoms with Gasteiger partial charge in [0.2, 0.25) is 0 Å². The van der Waals surface area contributed by atoms with Gasteiger partial charge in [-0.25, -0.2) is 0 Å². The molecule has 0 saturated heterocycles. The average molecular weight is 917 g/mol. The molecule has 336 valence electrons. The van der Waals surface area contributed by atoms with Gasteiger partial charge >= 0.3 is 0 Å². The summed E-state index contributed by atoms with van der Waals surface area (Å²) in [5, 5.41) is 0. The molecule has 0 amide bonds. The Morgan fingerprint density at radius 2 is 0.403 bits per heavy atom. The van der Waals surface area contributed by atoms with Gasteiger partial charge in [-0.2, -0.15) is 0 Å². The zero-order chi connectivity index (χ0) is 46.6. The van der Waals surface area contributed by atoms with Crippen molar-refractivity contribution in [2.75, 3.05) is 0 Å². The van der Waals surface area contributed by atoms with Gasteiger partial charge in [-0.15, -0.1) is 0 Å². The van der Waals surface area contributed by atoms with E-state index in [4.69, 9.17) is 0 Å². The minimum absolute atomic E-state index is 0.00442. The van der Waals surface area contributed by atoms with E-state index in [0.717, 1.165) is 22.3 Å². The molecule has 0 unspecified atom stereocenters. The van der Waals surface area contributed by atoms with Crippen LogP contribution in [0.15, 0.2) is 205 Å². The number of fused-ring (bicyclic) bond motifs is 2. The number of carbonyl (C=O) groups is 2. The number of benzene rings is 9. The van der Waals surface area contributed by atoms with Gasteiger partial charge in [0.25, 0.3) is 0 Å². The Bertz CT molecular complexity index is 3690. The Kier molecular flexibility index (Phi) is 6.69. The molecule has 0 spiro atoms. The van der Waals surface area contributed by atoms with Crippen molar-refractivity contribution in [1.82, 2.24) is 0 Å². The fourth-order valence-electron chi connectivity index (χ4n) is 18.7. The minimum atomic E-state index is -0.532. The number of ketones is 2. The van der Waals surface area contributed by atoms with Crippen LogP contribution in [0.2, 0.25) is 0 Å². The topological polar surface area (TPSA) is 34.1 Å². The summed E-state index contributed by atoms with van der Waals surface area (Å²) in [7, 11) is 0. The number of rotatable bonds is 0. The predicted molar refractivity (Wildman–Crippen MR) is 279 cm³/mol. The van der Waals surface area contributed by atoms with Crippen molar-refractivity contribution in [3.8, 4) is 0 Å². The maximum atomic E-state index is 17.7. The number of hydrogen-bond donors (Lipinski definition) is 0. The van der Waals surface area contributed by atoms with Gasteiger partial charge in [0, 0.05) is 82.1 Å². The summed E-state index contributed by atoms with van der Waals surface area (Å²) in [6.45, 7) is 0. The highest BCUT2D eigenvalue weighted by molar-refractivity contribution is 6.20. The third-order valence-corrected chi connectivity index (χ3v) is 20.5. The highest BCUT2D eigenvalue weighted by Crippen LogP contribution is 2.74. The van der Waals surface area contributed by atoms with Crippen molar-refractivity contribution in [3.05, 3.63) is 328 Å². The van der Waals surface area contributed by atoms with Crippen LogP contribution in [-0.4, -0.2) is 11.6 Å². The fraction of sp³-hybridized carbons (Fsp3) is 0.171. The third kappa shape index (κ3) is 4.02.